The Balaban J connectivity index is 2.18. The van der Waals surface area contributed by atoms with E-state index in [9.17, 15) is 32.7 Å². The second kappa shape index (κ2) is 9.25. The normalized spacial score (nSPS) is 13.9. The maximum absolute atomic E-state index is 12.8. The van der Waals surface area contributed by atoms with Gasteiger partial charge in [0.15, 0.2) is 0 Å². The van der Waals surface area contributed by atoms with Crippen LogP contribution in [0.2, 0.25) is 0 Å². The average Bonchev–Trinajstić information content (AvgIpc) is 2.67. The summed E-state index contributed by atoms with van der Waals surface area (Å²) < 4.78 is 43.7. The standard InChI is InChI=1S/C21H28F3N3O5/c1-20(2,3)32-19(31)26(5)9-8-25(4)14-10-13-6-7-27(18(30)21(22,23)24)12-16(13)15(11-14)17(28)29/h10-11H,6-9,12H2,1-5H3,(H,28,29). The molecular formula is C21H28F3N3O5. The molecule has 1 aromatic carbocycles. The number of alkyl halides is 3. The number of carbonyl (C=O) groups is 3. The first kappa shape index (κ1) is 25.3. The molecular weight excluding hydrogens is 431 g/mol. The molecule has 0 fully saturated rings. The number of halogens is 3. The van der Waals surface area contributed by atoms with Crippen LogP contribution in [0, 0.1) is 0 Å². The molecule has 0 radical (unpaired) electrons. The lowest BCUT2D eigenvalue weighted by atomic mass is 9.93. The van der Waals surface area contributed by atoms with Crippen molar-refractivity contribution in [3.8, 4) is 0 Å². The summed E-state index contributed by atoms with van der Waals surface area (Å²) in [6, 6.07) is 3.08. The van der Waals surface area contributed by atoms with E-state index in [4.69, 9.17) is 4.74 Å². The van der Waals surface area contributed by atoms with Crippen LogP contribution in [0.25, 0.3) is 0 Å². The highest BCUT2D eigenvalue weighted by molar-refractivity contribution is 5.92. The van der Waals surface area contributed by atoms with Crippen molar-refractivity contribution in [1.82, 2.24) is 9.80 Å². The molecule has 0 saturated heterocycles. The molecule has 0 bridgehead atoms. The van der Waals surface area contributed by atoms with Crippen molar-refractivity contribution >= 4 is 23.7 Å². The van der Waals surface area contributed by atoms with Gasteiger partial charge in [-0.1, -0.05) is 0 Å². The Morgan fingerprint density at radius 2 is 1.75 bits per heavy atom. The highest BCUT2D eigenvalue weighted by atomic mass is 19.4. The Kier molecular flexibility index (Phi) is 7.31. The van der Waals surface area contributed by atoms with Crippen molar-refractivity contribution in [2.75, 3.05) is 38.6 Å². The zero-order valence-electron chi connectivity index (χ0n) is 18.7. The largest absolute Gasteiger partial charge is 0.478 e. The van der Waals surface area contributed by atoms with Crippen LogP contribution in [-0.4, -0.2) is 78.4 Å². The van der Waals surface area contributed by atoms with Gasteiger partial charge in [-0.3, -0.25) is 4.79 Å². The molecule has 178 valence electrons. The van der Waals surface area contributed by atoms with Gasteiger partial charge in [0, 0.05) is 46.0 Å². The molecule has 0 unspecified atom stereocenters. The van der Waals surface area contributed by atoms with Crippen LogP contribution in [0.5, 0.6) is 0 Å². The molecule has 2 amide bonds. The maximum Gasteiger partial charge on any atom is 0.471 e. The van der Waals surface area contributed by atoms with Gasteiger partial charge in [0.25, 0.3) is 0 Å². The van der Waals surface area contributed by atoms with Gasteiger partial charge >= 0.3 is 24.1 Å². The van der Waals surface area contributed by atoms with E-state index in [1.54, 1.807) is 45.8 Å². The molecule has 0 aliphatic carbocycles. The van der Waals surface area contributed by atoms with Gasteiger partial charge in [0.2, 0.25) is 0 Å². The number of anilines is 1. The summed E-state index contributed by atoms with van der Waals surface area (Å²) in [6.45, 7) is 5.38. The lowest BCUT2D eigenvalue weighted by Crippen LogP contribution is -2.44. The third kappa shape index (κ3) is 6.27. The number of carboxylic acid groups (broad SMARTS) is 1. The van der Waals surface area contributed by atoms with Crippen molar-refractivity contribution in [1.29, 1.82) is 0 Å². The number of nitrogens with zero attached hydrogens (tertiary/aromatic N) is 3. The van der Waals surface area contributed by atoms with Gasteiger partial charge < -0.3 is 24.5 Å². The summed E-state index contributed by atoms with van der Waals surface area (Å²) in [5.41, 5.74) is 0.551. The fourth-order valence-corrected chi connectivity index (χ4v) is 3.27. The number of fused-ring (bicyclic) bond motifs is 1. The van der Waals surface area contributed by atoms with Crippen molar-refractivity contribution in [3.05, 3.63) is 28.8 Å². The molecule has 0 spiro atoms. The summed E-state index contributed by atoms with van der Waals surface area (Å²) in [5.74, 6) is -3.27. The molecule has 1 aliphatic heterocycles. The fraction of sp³-hybridized carbons (Fsp3) is 0.571. The van der Waals surface area contributed by atoms with E-state index >= 15 is 0 Å². The summed E-state index contributed by atoms with van der Waals surface area (Å²) in [7, 11) is 3.31. The first-order chi connectivity index (χ1) is 14.6. The van der Waals surface area contributed by atoms with Gasteiger partial charge in [-0.2, -0.15) is 13.2 Å². The fourth-order valence-electron chi connectivity index (χ4n) is 3.27. The van der Waals surface area contributed by atoms with Crippen LogP contribution in [-0.2, 0) is 22.5 Å². The van der Waals surface area contributed by atoms with Gasteiger partial charge in [0.05, 0.1) is 5.56 Å². The Bertz CT molecular complexity index is 896. The van der Waals surface area contributed by atoms with Gasteiger partial charge in [0.1, 0.15) is 5.60 Å². The van der Waals surface area contributed by atoms with Gasteiger partial charge in [-0.05, 0) is 50.5 Å². The number of hydrogen-bond acceptors (Lipinski definition) is 5. The molecule has 0 aromatic heterocycles. The number of benzene rings is 1. The zero-order valence-corrected chi connectivity index (χ0v) is 18.7. The van der Waals surface area contributed by atoms with Crippen LogP contribution in [0.3, 0.4) is 0 Å². The zero-order chi connectivity index (χ0) is 24.4. The van der Waals surface area contributed by atoms with Crippen LogP contribution in [0.1, 0.15) is 42.3 Å². The minimum absolute atomic E-state index is 0.108. The van der Waals surface area contributed by atoms with Gasteiger partial charge in [-0.15, -0.1) is 0 Å². The molecule has 1 aromatic rings. The minimum atomic E-state index is -5.01. The molecule has 1 heterocycles. The van der Waals surface area contributed by atoms with Gasteiger partial charge in [-0.25, -0.2) is 9.59 Å². The van der Waals surface area contributed by atoms with E-state index in [1.807, 2.05) is 0 Å². The van der Waals surface area contributed by atoms with Crippen LogP contribution in [0.4, 0.5) is 23.7 Å². The van der Waals surface area contributed by atoms with Crippen molar-refractivity contribution in [2.45, 2.75) is 45.5 Å². The number of carbonyl (C=O) groups excluding carboxylic acids is 2. The number of likely N-dealkylation sites (N-methyl/N-ethyl adjacent to an activating group) is 2. The van der Waals surface area contributed by atoms with Crippen LogP contribution < -0.4 is 4.90 Å². The van der Waals surface area contributed by atoms with E-state index in [-0.39, 0.29) is 24.1 Å². The predicted octanol–water partition coefficient (Wildman–Crippen LogP) is 3.13. The molecule has 1 aliphatic rings. The Labute approximate surface area is 184 Å². The molecule has 32 heavy (non-hydrogen) atoms. The van der Waals surface area contributed by atoms with Crippen LogP contribution in [0.15, 0.2) is 12.1 Å². The monoisotopic (exact) mass is 459 g/mol. The number of ether oxygens (including phenoxy) is 1. The second-order valence-corrected chi connectivity index (χ2v) is 8.73. The number of aromatic carboxylic acids is 1. The van der Waals surface area contributed by atoms with E-state index in [1.165, 1.54) is 11.0 Å². The topological polar surface area (TPSA) is 90.4 Å². The van der Waals surface area contributed by atoms with Crippen molar-refractivity contribution in [3.63, 3.8) is 0 Å². The minimum Gasteiger partial charge on any atom is -0.478 e. The lowest BCUT2D eigenvalue weighted by molar-refractivity contribution is -0.186. The van der Waals surface area contributed by atoms with E-state index in [0.717, 1.165) is 0 Å². The predicted molar refractivity (Wildman–Crippen MR) is 111 cm³/mol. The third-order valence-electron chi connectivity index (χ3n) is 5.00. The molecule has 0 saturated carbocycles. The lowest BCUT2D eigenvalue weighted by Gasteiger charge is -2.32. The number of carboxylic acids is 1. The first-order valence-corrected chi connectivity index (χ1v) is 10.0. The molecule has 2 rings (SSSR count). The average molecular weight is 459 g/mol. The Hall–Kier alpha value is -2.98. The first-order valence-electron chi connectivity index (χ1n) is 10.0. The quantitative estimate of drug-likeness (QED) is 0.728. The SMILES string of the molecule is CN(CCN(C)c1cc2c(c(C(=O)O)c1)CN(C(=O)C(F)(F)F)CC2)C(=O)OC(C)(C)C. The highest BCUT2D eigenvalue weighted by Gasteiger charge is 2.43. The maximum atomic E-state index is 12.8. The van der Waals surface area contributed by atoms with E-state index in [2.05, 4.69) is 0 Å². The number of amides is 2. The summed E-state index contributed by atoms with van der Waals surface area (Å²) in [4.78, 5) is 39.2. The second-order valence-electron chi connectivity index (χ2n) is 8.73. The van der Waals surface area contributed by atoms with Crippen LogP contribution >= 0.6 is 0 Å². The molecule has 8 nitrogen and oxygen atoms in total. The molecule has 1 N–H and O–H groups in total. The summed E-state index contributed by atoms with van der Waals surface area (Å²) in [5, 5.41) is 9.62. The van der Waals surface area contributed by atoms with E-state index < -0.39 is 36.3 Å². The summed E-state index contributed by atoms with van der Waals surface area (Å²) >= 11 is 0. The highest BCUT2D eigenvalue weighted by Crippen LogP contribution is 2.30. The smallest absolute Gasteiger partial charge is 0.471 e. The van der Waals surface area contributed by atoms with Crippen molar-refractivity contribution < 1.29 is 37.4 Å². The number of rotatable bonds is 5. The van der Waals surface area contributed by atoms with E-state index in [0.29, 0.717) is 29.2 Å². The Morgan fingerprint density at radius 3 is 2.28 bits per heavy atom. The molecule has 11 heteroatoms. The Morgan fingerprint density at radius 1 is 1.12 bits per heavy atom. The number of hydrogen-bond donors (Lipinski definition) is 1. The summed E-state index contributed by atoms with van der Waals surface area (Å²) in [6.07, 6.45) is -5.39. The van der Waals surface area contributed by atoms with Crippen molar-refractivity contribution in [2.24, 2.45) is 0 Å². The molecule has 0 atom stereocenters. The third-order valence-corrected chi connectivity index (χ3v) is 5.00.